The third kappa shape index (κ3) is 5.94. The Hall–Kier alpha value is -3.17. The number of methoxy groups -OCH3 is 1. The molecule has 0 saturated carbocycles. The van der Waals surface area contributed by atoms with Gasteiger partial charge in [0, 0.05) is 13.1 Å². The van der Waals surface area contributed by atoms with Crippen molar-refractivity contribution in [3.8, 4) is 0 Å². The van der Waals surface area contributed by atoms with Crippen molar-refractivity contribution < 1.29 is 28.8 Å². The first-order valence-corrected chi connectivity index (χ1v) is 8.25. The molecule has 10 nitrogen and oxygen atoms in total. The summed E-state index contributed by atoms with van der Waals surface area (Å²) in [5.74, 6) is -2.34. The molecule has 2 atom stereocenters. The summed E-state index contributed by atoms with van der Waals surface area (Å²) in [6, 6.07) is 2.91. The lowest BCUT2D eigenvalue weighted by molar-refractivity contribution is -0.384. The molecular weight excluding hydrogens is 358 g/mol. The normalized spacial score (nSPS) is 12.4. The summed E-state index contributed by atoms with van der Waals surface area (Å²) in [7, 11) is 2.73. The largest absolute Gasteiger partial charge is 0.467 e. The molecule has 27 heavy (non-hydrogen) atoms. The molecule has 1 amide bonds. The third-order valence-electron chi connectivity index (χ3n) is 4.02. The molecule has 0 radical (unpaired) electrons. The first-order valence-electron chi connectivity index (χ1n) is 8.25. The number of carbonyl (C=O) groups is 3. The number of nitro groups is 1. The highest BCUT2D eigenvalue weighted by molar-refractivity contribution is 5.93. The molecule has 0 unspecified atom stereocenters. The summed E-state index contributed by atoms with van der Waals surface area (Å²) in [5.41, 5.74) is -0.123. The number of amides is 1. The lowest BCUT2D eigenvalue weighted by Crippen LogP contribution is -2.47. The van der Waals surface area contributed by atoms with Crippen molar-refractivity contribution in [2.45, 2.75) is 26.3 Å². The van der Waals surface area contributed by atoms with Gasteiger partial charge >= 0.3 is 11.9 Å². The Labute approximate surface area is 156 Å². The molecular formula is C17H23N3O7. The second-order valence-corrected chi connectivity index (χ2v) is 5.77. The standard InChI is InChI=1S/C17H23N3O7/c1-5-10(2)15(17(23)26-4)19-14(21)9-27-16(22)11-6-7-12(18-3)13(8-11)20(24)25/h6-8,10,15,18H,5,9H2,1-4H3,(H,19,21)/t10-,15+/m1/s1. The molecule has 1 aromatic carbocycles. The quantitative estimate of drug-likeness (QED) is 0.373. The molecule has 0 aliphatic rings. The molecule has 0 aliphatic heterocycles. The van der Waals surface area contributed by atoms with E-state index in [9.17, 15) is 24.5 Å². The molecule has 0 aromatic heterocycles. The number of ether oxygens (including phenoxy) is 2. The minimum Gasteiger partial charge on any atom is -0.467 e. The zero-order valence-electron chi connectivity index (χ0n) is 15.6. The first-order chi connectivity index (χ1) is 12.7. The number of nitrogens with zero attached hydrogens (tertiary/aromatic N) is 1. The lowest BCUT2D eigenvalue weighted by atomic mass is 9.99. The SMILES string of the molecule is CC[C@@H](C)[C@H](NC(=O)COC(=O)c1ccc(NC)c([N+](=O)[O-])c1)C(=O)OC. The van der Waals surface area contributed by atoms with Crippen LogP contribution in [0.4, 0.5) is 11.4 Å². The second-order valence-electron chi connectivity index (χ2n) is 5.77. The average Bonchev–Trinajstić information content (AvgIpc) is 2.68. The molecule has 0 heterocycles. The van der Waals surface area contributed by atoms with E-state index in [0.29, 0.717) is 6.42 Å². The van der Waals surface area contributed by atoms with Crippen LogP contribution in [0, 0.1) is 16.0 Å². The molecule has 0 saturated heterocycles. The van der Waals surface area contributed by atoms with E-state index in [1.807, 2.05) is 6.92 Å². The van der Waals surface area contributed by atoms with Crippen molar-refractivity contribution in [3.05, 3.63) is 33.9 Å². The van der Waals surface area contributed by atoms with Crippen LogP contribution in [0.2, 0.25) is 0 Å². The number of rotatable bonds is 9. The zero-order valence-corrected chi connectivity index (χ0v) is 15.6. The first kappa shape index (κ1) is 21.9. The van der Waals surface area contributed by atoms with Crippen molar-refractivity contribution in [1.82, 2.24) is 5.32 Å². The summed E-state index contributed by atoms with van der Waals surface area (Å²) in [6.07, 6.45) is 0.626. The van der Waals surface area contributed by atoms with E-state index >= 15 is 0 Å². The number of hydrogen-bond acceptors (Lipinski definition) is 8. The van der Waals surface area contributed by atoms with Crippen LogP contribution >= 0.6 is 0 Å². The van der Waals surface area contributed by atoms with Gasteiger partial charge in [-0.25, -0.2) is 9.59 Å². The minimum absolute atomic E-state index is 0.0695. The third-order valence-corrected chi connectivity index (χ3v) is 4.02. The molecule has 2 N–H and O–H groups in total. The maximum Gasteiger partial charge on any atom is 0.338 e. The Morgan fingerprint density at radius 1 is 1.30 bits per heavy atom. The van der Waals surface area contributed by atoms with E-state index in [-0.39, 0.29) is 22.9 Å². The summed E-state index contributed by atoms with van der Waals surface area (Å²) >= 11 is 0. The van der Waals surface area contributed by atoms with Crippen molar-refractivity contribution in [2.75, 3.05) is 26.1 Å². The summed E-state index contributed by atoms with van der Waals surface area (Å²) < 4.78 is 9.54. The van der Waals surface area contributed by atoms with Crippen molar-refractivity contribution in [1.29, 1.82) is 0 Å². The van der Waals surface area contributed by atoms with Crippen molar-refractivity contribution in [2.24, 2.45) is 5.92 Å². The van der Waals surface area contributed by atoms with Crippen molar-refractivity contribution in [3.63, 3.8) is 0 Å². The van der Waals surface area contributed by atoms with Gasteiger partial charge in [-0.3, -0.25) is 14.9 Å². The predicted octanol–water partition coefficient (Wildman–Crippen LogP) is 1.50. The van der Waals surface area contributed by atoms with Gasteiger partial charge in [-0.2, -0.15) is 0 Å². The number of nitrogens with one attached hydrogen (secondary N) is 2. The smallest absolute Gasteiger partial charge is 0.338 e. The van der Waals surface area contributed by atoms with Crippen LogP contribution in [0.3, 0.4) is 0 Å². The van der Waals surface area contributed by atoms with Crippen LogP contribution in [0.25, 0.3) is 0 Å². The summed E-state index contributed by atoms with van der Waals surface area (Å²) in [4.78, 5) is 46.2. The zero-order chi connectivity index (χ0) is 20.6. The van der Waals surface area contributed by atoms with Crippen LogP contribution in [0.15, 0.2) is 18.2 Å². The Kier molecular flexibility index (Phi) is 8.18. The topological polar surface area (TPSA) is 137 Å². The van der Waals surface area contributed by atoms with Gasteiger partial charge in [0.25, 0.3) is 11.6 Å². The summed E-state index contributed by atoms with van der Waals surface area (Å²) in [6.45, 7) is 3.00. The second kappa shape index (κ2) is 10.1. The van der Waals surface area contributed by atoms with Crippen molar-refractivity contribution >= 4 is 29.2 Å². The molecule has 0 aliphatic carbocycles. The fourth-order valence-electron chi connectivity index (χ4n) is 2.25. The Balaban J connectivity index is 2.76. The van der Waals surface area contributed by atoms with Gasteiger partial charge in [0.15, 0.2) is 6.61 Å². The van der Waals surface area contributed by atoms with Crippen LogP contribution in [-0.2, 0) is 19.1 Å². The van der Waals surface area contributed by atoms with Gasteiger partial charge in [0.1, 0.15) is 11.7 Å². The highest BCUT2D eigenvalue weighted by Crippen LogP contribution is 2.25. The van der Waals surface area contributed by atoms with E-state index in [0.717, 1.165) is 6.07 Å². The maximum absolute atomic E-state index is 12.1. The fourth-order valence-corrected chi connectivity index (χ4v) is 2.25. The highest BCUT2D eigenvalue weighted by atomic mass is 16.6. The molecule has 10 heteroatoms. The number of benzene rings is 1. The fraction of sp³-hybridized carbons (Fsp3) is 0.471. The van der Waals surface area contributed by atoms with E-state index in [1.54, 1.807) is 6.92 Å². The number of carbonyl (C=O) groups excluding carboxylic acids is 3. The van der Waals surface area contributed by atoms with E-state index in [1.165, 1.54) is 26.3 Å². The monoisotopic (exact) mass is 381 g/mol. The van der Waals surface area contributed by atoms with E-state index < -0.39 is 35.4 Å². The molecule has 1 aromatic rings. The molecule has 0 spiro atoms. The number of anilines is 1. The number of esters is 2. The Morgan fingerprint density at radius 3 is 2.48 bits per heavy atom. The van der Waals surface area contributed by atoms with Gasteiger partial charge in [0.05, 0.1) is 17.6 Å². The van der Waals surface area contributed by atoms with Crippen LogP contribution in [-0.4, -0.2) is 49.6 Å². The summed E-state index contributed by atoms with van der Waals surface area (Å²) in [5, 5.41) is 16.1. The van der Waals surface area contributed by atoms with E-state index in [4.69, 9.17) is 4.74 Å². The number of nitro benzene ring substituents is 1. The van der Waals surface area contributed by atoms with Crippen LogP contribution < -0.4 is 10.6 Å². The van der Waals surface area contributed by atoms with Crippen LogP contribution in [0.1, 0.15) is 30.6 Å². The van der Waals surface area contributed by atoms with Gasteiger partial charge in [0.2, 0.25) is 0 Å². The number of hydrogen-bond donors (Lipinski definition) is 2. The van der Waals surface area contributed by atoms with E-state index in [2.05, 4.69) is 15.4 Å². The minimum atomic E-state index is -0.894. The molecule has 148 valence electrons. The Bertz CT molecular complexity index is 720. The van der Waals surface area contributed by atoms with Crippen LogP contribution in [0.5, 0.6) is 0 Å². The predicted molar refractivity (Wildman–Crippen MR) is 96.3 cm³/mol. The lowest BCUT2D eigenvalue weighted by Gasteiger charge is -2.21. The molecule has 0 fully saturated rings. The highest BCUT2D eigenvalue weighted by Gasteiger charge is 2.27. The van der Waals surface area contributed by atoms with Gasteiger partial charge in [-0.1, -0.05) is 20.3 Å². The molecule has 1 rings (SSSR count). The maximum atomic E-state index is 12.1. The molecule has 0 bridgehead atoms. The Morgan fingerprint density at radius 2 is 1.96 bits per heavy atom. The average molecular weight is 381 g/mol. The van der Waals surface area contributed by atoms with Gasteiger partial charge < -0.3 is 20.1 Å². The van der Waals surface area contributed by atoms with Gasteiger partial charge in [-0.15, -0.1) is 0 Å². The van der Waals surface area contributed by atoms with Gasteiger partial charge in [-0.05, 0) is 18.1 Å².